The van der Waals surface area contributed by atoms with Crippen molar-refractivity contribution in [2.75, 3.05) is 46.0 Å². The molecule has 4 fully saturated rings. The van der Waals surface area contributed by atoms with E-state index in [2.05, 4.69) is 0 Å². The molecule has 0 spiro atoms. The molecule has 3 aliphatic heterocycles. The largest absolute Gasteiger partial charge is 0.477 e. The van der Waals surface area contributed by atoms with E-state index in [1.54, 1.807) is 11.0 Å². The van der Waals surface area contributed by atoms with Crippen LogP contribution in [0.15, 0.2) is 35.2 Å². The molecule has 1 aromatic heterocycles. The quantitative estimate of drug-likeness (QED) is 0.526. The maximum absolute atomic E-state index is 13.6. The number of hydrogen-bond acceptors (Lipinski definition) is 7. The molecule has 1 aliphatic carbocycles. The minimum Gasteiger partial charge on any atom is -0.477 e. The second kappa shape index (κ2) is 10.9. The summed E-state index contributed by atoms with van der Waals surface area (Å²) in [6, 6.07) is 7.72. The zero-order valence-corrected chi connectivity index (χ0v) is 23.7. The molecule has 0 bridgehead atoms. The highest BCUT2D eigenvalue weighted by molar-refractivity contribution is 7.89. The maximum Gasteiger partial charge on any atom is 0.254 e. The molecule has 0 radical (unpaired) electrons. The maximum atomic E-state index is 13.6. The lowest BCUT2D eigenvalue weighted by atomic mass is 10.0. The van der Waals surface area contributed by atoms with Gasteiger partial charge in [-0.2, -0.15) is 0 Å². The number of nitrogens with two attached hydrogens (primary N) is 1. The highest BCUT2D eigenvalue weighted by Crippen LogP contribution is 2.40. The van der Waals surface area contributed by atoms with Crippen LogP contribution in [0.1, 0.15) is 58.0 Å². The molecule has 2 amide bonds. The lowest BCUT2D eigenvalue weighted by Gasteiger charge is -2.23. The van der Waals surface area contributed by atoms with Gasteiger partial charge < -0.3 is 19.3 Å². The summed E-state index contributed by atoms with van der Waals surface area (Å²) in [4.78, 5) is 34.8. The molecule has 3 saturated heterocycles. The summed E-state index contributed by atoms with van der Waals surface area (Å²) >= 11 is 6.09. The fraction of sp³-hybridized carbons (Fsp3) is 0.536. The van der Waals surface area contributed by atoms with E-state index in [9.17, 15) is 18.0 Å². The van der Waals surface area contributed by atoms with E-state index < -0.39 is 10.0 Å². The lowest BCUT2D eigenvalue weighted by Crippen LogP contribution is -2.35. The molecule has 0 unspecified atom stereocenters. The summed E-state index contributed by atoms with van der Waals surface area (Å²) in [7, 11) is -3.97. The Morgan fingerprint density at radius 3 is 2.15 bits per heavy atom. The number of amides is 2. The van der Waals surface area contributed by atoms with E-state index in [4.69, 9.17) is 31.2 Å². The Balaban J connectivity index is 1.10. The fourth-order valence-corrected chi connectivity index (χ4v) is 7.07. The first-order valence-electron chi connectivity index (χ1n) is 13.8. The van der Waals surface area contributed by atoms with E-state index in [1.807, 2.05) is 11.0 Å². The number of likely N-dealkylation sites (tertiary alicyclic amines) is 2. The number of aromatic nitrogens is 1. The van der Waals surface area contributed by atoms with Crippen LogP contribution >= 0.6 is 11.6 Å². The predicted octanol–water partition coefficient (Wildman–Crippen LogP) is 2.91. The fourth-order valence-electron chi connectivity index (χ4n) is 5.98. The van der Waals surface area contributed by atoms with Gasteiger partial charge in [-0.3, -0.25) is 9.59 Å². The average Bonchev–Trinajstić information content (AvgIpc) is 3.60. The Morgan fingerprint density at radius 2 is 1.57 bits per heavy atom. The first kappa shape index (κ1) is 27.4. The topological polar surface area (TPSA) is 132 Å². The van der Waals surface area contributed by atoms with E-state index in [1.165, 1.54) is 18.2 Å². The number of fused-ring (bicyclic) bond motifs is 1. The van der Waals surface area contributed by atoms with Crippen LogP contribution in [0.4, 0.5) is 0 Å². The average molecular weight is 589 g/mol. The first-order valence-corrected chi connectivity index (χ1v) is 15.7. The molecule has 2 aromatic rings. The third-order valence-electron chi connectivity index (χ3n) is 8.42. The van der Waals surface area contributed by atoms with Crippen LogP contribution in [0.25, 0.3) is 0 Å². The molecule has 1 aromatic carbocycles. The zero-order valence-electron chi connectivity index (χ0n) is 22.1. The number of pyridine rings is 1. The van der Waals surface area contributed by atoms with Gasteiger partial charge in [0.25, 0.3) is 11.8 Å². The molecule has 6 rings (SSSR count). The minimum absolute atomic E-state index is 0.0298. The van der Waals surface area contributed by atoms with Crippen molar-refractivity contribution in [3.63, 3.8) is 0 Å². The SMILES string of the molecule is NS(=O)(=O)c1ccc(C(=O)N2C[C@@H]3CN(C(=O)c4cc(OCC5CCOCC5)nc(C5CC5)c4)C[C@H]3C2)cc1Cl. The van der Waals surface area contributed by atoms with Crippen LogP contribution in [0.2, 0.25) is 5.02 Å². The van der Waals surface area contributed by atoms with Gasteiger partial charge in [0.05, 0.1) is 11.6 Å². The van der Waals surface area contributed by atoms with Crippen molar-refractivity contribution in [2.45, 2.75) is 36.5 Å². The summed E-state index contributed by atoms with van der Waals surface area (Å²) in [5.41, 5.74) is 1.84. The molecule has 4 heterocycles. The molecule has 4 aliphatic rings. The van der Waals surface area contributed by atoms with Crippen molar-refractivity contribution in [3.8, 4) is 5.88 Å². The molecular formula is C28H33ClN4O6S. The highest BCUT2D eigenvalue weighted by Gasteiger charge is 2.43. The third kappa shape index (κ3) is 5.83. The molecule has 40 heavy (non-hydrogen) atoms. The van der Waals surface area contributed by atoms with Gasteiger partial charge in [-0.05, 0) is 55.9 Å². The van der Waals surface area contributed by atoms with Crippen molar-refractivity contribution < 1.29 is 27.5 Å². The molecule has 1 saturated carbocycles. The Bertz CT molecular complexity index is 1410. The summed E-state index contributed by atoms with van der Waals surface area (Å²) in [5, 5.41) is 5.09. The summed E-state index contributed by atoms with van der Waals surface area (Å²) in [6.07, 6.45) is 4.10. The van der Waals surface area contributed by atoms with Gasteiger partial charge in [-0.15, -0.1) is 0 Å². The number of hydrogen-bond donors (Lipinski definition) is 1. The van der Waals surface area contributed by atoms with E-state index in [-0.39, 0.29) is 33.6 Å². The summed E-state index contributed by atoms with van der Waals surface area (Å²) in [6.45, 7) is 4.26. The van der Waals surface area contributed by atoms with Gasteiger partial charge in [0.1, 0.15) is 4.90 Å². The predicted molar refractivity (Wildman–Crippen MR) is 147 cm³/mol. The van der Waals surface area contributed by atoms with Gasteiger partial charge in [-0.1, -0.05) is 11.6 Å². The van der Waals surface area contributed by atoms with Gasteiger partial charge >= 0.3 is 0 Å². The van der Waals surface area contributed by atoms with Crippen molar-refractivity contribution in [3.05, 3.63) is 52.2 Å². The van der Waals surface area contributed by atoms with Crippen molar-refractivity contribution >= 4 is 33.4 Å². The number of benzene rings is 1. The van der Waals surface area contributed by atoms with Crippen molar-refractivity contribution in [1.29, 1.82) is 0 Å². The van der Waals surface area contributed by atoms with Crippen LogP contribution in [-0.2, 0) is 14.8 Å². The van der Waals surface area contributed by atoms with E-state index in [0.717, 1.165) is 44.6 Å². The van der Waals surface area contributed by atoms with E-state index in [0.29, 0.717) is 61.6 Å². The summed E-state index contributed by atoms with van der Waals surface area (Å²) < 4.78 is 34.8. The smallest absolute Gasteiger partial charge is 0.254 e. The van der Waals surface area contributed by atoms with Crippen LogP contribution in [0.3, 0.4) is 0 Å². The molecule has 214 valence electrons. The standard InChI is InChI=1S/C28H33ClN4O6S/c29-23-9-19(3-4-25(23)40(30,36)37)27(34)32-12-21-14-33(15-22(21)13-32)28(35)20-10-24(18-1-2-18)31-26(11-20)39-16-17-5-7-38-8-6-17/h3-4,9-11,17-18,21-22H,1-2,5-8,12-16H2,(H2,30,36,37)/t21-,22-/m1/s1. The Hall–Kier alpha value is -2.73. The molecule has 2 atom stereocenters. The normalized spacial score (nSPS) is 23.4. The lowest BCUT2D eigenvalue weighted by molar-refractivity contribution is 0.0490. The Labute approximate surface area is 238 Å². The van der Waals surface area contributed by atoms with Gasteiger partial charge in [0, 0.05) is 80.0 Å². The minimum atomic E-state index is -3.97. The van der Waals surface area contributed by atoms with Crippen LogP contribution in [0, 0.1) is 17.8 Å². The number of carbonyl (C=O) groups excluding carboxylic acids is 2. The number of ether oxygens (including phenoxy) is 2. The number of carbonyl (C=O) groups is 2. The number of sulfonamides is 1. The van der Waals surface area contributed by atoms with Crippen molar-refractivity contribution in [2.24, 2.45) is 22.9 Å². The number of nitrogens with zero attached hydrogens (tertiary/aromatic N) is 3. The molecule has 2 N–H and O–H groups in total. The summed E-state index contributed by atoms with van der Waals surface area (Å²) in [5.74, 6) is 1.43. The number of halogens is 1. The molecule has 10 nitrogen and oxygen atoms in total. The second-order valence-corrected chi connectivity index (χ2v) is 13.3. The third-order valence-corrected chi connectivity index (χ3v) is 9.81. The Kier molecular flexibility index (Phi) is 7.49. The van der Waals surface area contributed by atoms with Gasteiger partial charge in [-0.25, -0.2) is 18.5 Å². The number of primary sulfonamides is 1. The van der Waals surface area contributed by atoms with E-state index >= 15 is 0 Å². The van der Waals surface area contributed by atoms with Gasteiger partial charge in [0.2, 0.25) is 15.9 Å². The zero-order chi connectivity index (χ0) is 28.0. The van der Waals surface area contributed by atoms with Gasteiger partial charge in [0.15, 0.2) is 0 Å². The molecule has 12 heteroatoms. The van der Waals surface area contributed by atoms with Crippen LogP contribution in [0.5, 0.6) is 5.88 Å². The first-order chi connectivity index (χ1) is 19.2. The second-order valence-electron chi connectivity index (χ2n) is 11.4. The van der Waals surface area contributed by atoms with Crippen molar-refractivity contribution in [1.82, 2.24) is 14.8 Å². The Morgan fingerprint density at radius 1 is 0.950 bits per heavy atom. The van der Waals surface area contributed by atoms with Crippen LogP contribution in [-0.4, -0.2) is 81.0 Å². The monoisotopic (exact) mass is 588 g/mol. The molecular weight excluding hydrogens is 556 g/mol. The number of rotatable bonds is 7. The highest BCUT2D eigenvalue weighted by atomic mass is 35.5. The van der Waals surface area contributed by atoms with Crippen LogP contribution < -0.4 is 9.88 Å².